The highest BCUT2D eigenvalue weighted by Crippen LogP contribution is 2.24. The van der Waals surface area contributed by atoms with E-state index < -0.39 is 4.92 Å². The number of H-pyrrole nitrogens is 1. The molecule has 1 heterocycles. The molecule has 0 saturated heterocycles. The Labute approximate surface area is 160 Å². The maximum absolute atomic E-state index is 12.1. The third-order valence-corrected chi connectivity index (χ3v) is 3.76. The van der Waals surface area contributed by atoms with Gasteiger partial charge in [0.1, 0.15) is 5.82 Å². The third-order valence-electron chi connectivity index (χ3n) is 3.76. The molecule has 10 heteroatoms. The van der Waals surface area contributed by atoms with Crippen LogP contribution in [0, 0.1) is 15.5 Å². The zero-order valence-corrected chi connectivity index (χ0v) is 14.9. The molecule has 1 amide bonds. The van der Waals surface area contributed by atoms with E-state index in [0.29, 0.717) is 28.0 Å². The number of benzene rings is 2. The number of halogens is 1. The monoisotopic (exact) mass is 388 g/mol. The Morgan fingerprint density at radius 2 is 2.07 bits per heavy atom. The lowest BCUT2D eigenvalue weighted by Crippen LogP contribution is -2.27. The van der Waals surface area contributed by atoms with Crippen molar-refractivity contribution < 1.29 is 9.72 Å². The fraction of sp³-hybridized carbons (Fsp3) is 0.118. The van der Waals surface area contributed by atoms with Crippen LogP contribution in [0.3, 0.4) is 0 Å². The van der Waals surface area contributed by atoms with E-state index in [4.69, 9.17) is 11.1 Å². The van der Waals surface area contributed by atoms with Crippen molar-refractivity contribution in [2.75, 3.05) is 6.54 Å². The summed E-state index contributed by atoms with van der Waals surface area (Å²) in [5.74, 6) is 0.209. The minimum Gasteiger partial charge on any atom is -0.388 e. The molecule has 0 aliphatic rings. The second-order valence-corrected chi connectivity index (χ2v) is 5.66. The topological polar surface area (TPSA) is 151 Å². The first kappa shape index (κ1) is 19.9. The molecule has 9 nitrogen and oxygen atoms in total. The van der Waals surface area contributed by atoms with E-state index in [9.17, 15) is 14.9 Å². The lowest BCUT2D eigenvalue weighted by Gasteiger charge is -2.04. The number of hydrogen-bond donors (Lipinski definition) is 4. The number of aromatic nitrogens is 2. The summed E-state index contributed by atoms with van der Waals surface area (Å²) in [6.07, 6.45) is 0.285. The Balaban J connectivity index is 0.00000261. The number of imidazole rings is 1. The quantitative estimate of drug-likeness (QED) is 0.221. The van der Waals surface area contributed by atoms with Crippen LogP contribution >= 0.6 is 12.4 Å². The summed E-state index contributed by atoms with van der Waals surface area (Å²) < 4.78 is 0. The molecule has 0 saturated carbocycles. The molecular weight excluding hydrogens is 372 g/mol. The van der Waals surface area contributed by atoms with Crippen molar-refractivity contribution in [1.82, 2.24) is 15.3 Å². The molecule has 0 radical (unpaired) electrons. The average molecular weight is 389 g/mol. The van der Waals surface area contributed by atoms with Crippen molar-refractivity contribution in [3.05, 3.63) is 58.1 Å². The first-order valence-corrected chi connectivity index (χ1v) is 7.80. The molecule has 27 heavy (non-hydrogen) atoms. The number of nitro groups is 1. The van der Waals surface area contributed by atoms with Crippen molar-refractivity contribution in [3.63, 3.8) is 0 Å². The third kappa shape index (κ3) is 4.59. The number of carbonyl (C=O) groups excluding carboxylic acids is 1. The molecule has 140 valence electrons. The van der Waals surface area contributed by atoms with Crippen LogP contribution in [-0.2, 0) is 0 Å². The number of carbonyl (C=O) groups is 1. The van der Waals surface area contributed by atoms with Crippen LogP contribution < -0.4 is 11.1 Å². The second kappa shape index (κ2) is 8.28. The van der Waals surface area contributed by atoms with Gasteiger partial charge in [0.2, 0.25) is 0 Å². The van der Waals surface area contributed by atoms with Gasteiger partial charge in [-0.3, -0.25) is 20.3 Å². The molecule has 2 aromatic carbocycles. The predicted molar refractivity (Wildman–Crippen MR) is 104 cm³/mol. The van der Waals surface area contributed by atoms with Gasteiger partial charge in [0, 0.05) is 36.2 Å². The minimum atomic E-state index is -0.463. The molecule has 3 rings (SSSR count). The number of non-ortho nitro benzene ring substituents is 1. The molecule has 1 aromatic heterocycles. The van der Waals surface area contributed by atoms with Gasteiger partial charge >= 0.3 is 0 Å². The lowest BCUT2D eigenvalue weighted by molar-refractivity contribution is -0.384. The van der Waals surface area contributed by atoms with Gasteiger partial charge in [0.15, 0.2) is 0 Å². The zero-order valence-electron chi connectivity index (χ0n) is 14.1. The number of hydrogen-bond acceptors (Lipinski definition) is 5. The van der Waals surface area contributed by atoms with Crippen LogP contribution in [-0.4, -0.2) is 33.2 Å². The summed E-state index contributed by atoms with van der Waals surface area (Å²) in [4.78, 5) is 30.1. The maximum Gasteiger partial charge on any atom is 0.270 e. The fourth-order valence-corrected chi connectivity index (χ4v) is 2.46. The Morgan fingerprint density at radius 3 is 2.78 bits per heavy atom. The minimum absolute atomic E-state index is 0. The van der Waals surface area contributed by atoms with E-state index >= 15 is 0 Å². The summed E-state index contributed by atoms with van der Waals surface area (Å²) in [6.45, 7) is 0.283. The largest absolute Gasteiger partial charge is 0.388 e. The van der Waals surface area contributed by atoms with Gasteiger partial charge < -0.3 is 16.0 Å². The Hall–Kier alpha value is -3.46. The maximum atomic E-state index is 12.1. The molecule has 0 bridgehead atoms. The molecule has 0 fully saturated rings. The molecule has 0 spiro atoms. The fourth-order valence-electron chi connectivity index (χ4n) is 2.46. The number of nitrogens with zero attached hydrogens (tertiary/aromatic N) is 2. The second-order valence-electron chi connectivity index (χ2n) is 5.66. The summed E-state index contributed by atoms with van der Waals surface area (Å²) in [6, 6.07) is 11.2. The van der Waals surface area contributed by atoms with Gasteiger partial charge in [0.05, 0.1) is 21.8 Å². The van der Waals surface area contributed by atoms with Crippen LogP contribution in [0.15, 0.2) is 42.5 Å². The predicted octanol–water partition coefficient (Wildman–Crippen LogP) is 2.62. The van der Waals surface area contributed by atoms with E-state index in [-0.39, 0.29) is 42.8 Å². The molecule has 0 atom stereocenters. The smallest absolute Gasteiger partial charge is 0.270 e. The molecule has 3 aromatic rings. The normalized spacial score (nSPS) is 10.2. The molecular formula is C17H17ClN6O3. The average Bonchev–Trinajstić information content (AvgIpc) is 3.04. The highest BCUT2D eigenvalue weighted by atomic mass is 35.5. The number of aromatic amines is 1. The lowest BCUT2D eigenvalue weighted by atomic mass is 10.2. The van der Waals surface area contributed by atoms with Gasteiger partial charge in [0.25, 0.3) is 11.6 Å². The molecule has 0 aliphatic heterocycles. The van der Waals surface area contributed by atoms with Crippen LogP contribution in [0.2, 0.25) is 0 Å². The first-order chi connectivity index (χ1) is 12.4. The van der Waals surface area contributed by atoms with E-state index in [1.165, 1.54) is 12.1 Å². The van der Waals surface area contributed by atoms with Crippen LogP contribution in [0.5, 0.6) is 0 Å². The molecule has 0 unspecified atom stereocenters. The number of nitrogens with two attached hydrogens (primary N) is 1. The molecule has 0 aliphatic carbocycles. The number of nitrogens with one attached hydrogen (secondary N) is 3. The van der Waals surface area contributed by atoms with E-state index in [1.807, 2.05) is 0 Å². The van der Waals surface area contributed by atoms with Crippen molar-refractivity contribution in [3.8, 4) is 11.4 Å². The number of nitro benzene ring substituents is 1. The highest BCUT2D eigenvalue weighted by molar-refractivity contribution is 5.97. The highest BCUT2D eigenvalue weighted by Gasteiger charge is 2.12. The van der Waals surface area contributed by atoms with Crippen LogP contribution in [0.25, 0.3) is 22.4 Å². The van der Waals surface area contributed by atoms with Gasteiger partial charge in [-0.1, -0.05) is 12.1 Å². The summed E-state index contributed by atoms with van der Waals surface area (Å²) in [7, 11) is 0. The van der Waals surface area contributed by atoms with Crippen LogP contribution in [0.4, 0.5) is 5.69 Å². The Bertz CT molecular complexity index is 1020. The number of fused-ring (bicyclic) bond motifs is 1. The standard InChI is InChI=1S/C17H16N6O3.ClH/c18-15(19)6-7-20-17(24)11-4-5-13-14(9-11)22-16(21-13)10-2-1-3-12(8-10)23(25)26;/h1-5,8-9H,6-7H2,(H3,18,19)(H,20,24)(H,21,22);1H. The summed E-state index contributed by atoms with van der Waals surface area (Å²) in [5.41, 5.74) is 7.54. The van der Waals surface area contributed by atoms with Crippen molar-refractivity contribution >= 4 is 40.9 Å². The van der Waals surface area contributed by atoms with Gasteiger partial charge in [-0.05, 0) is 18.2 Å². The zero-order chi connectivity index (χ0) is 18.7. The van der Waals surface area contributed by atoms with Crippen molar-refractivity contribution in [1.29, 1.82) is 5.41 Å². The van der Waals surface area contributed by atoms with Gasteiger partial charge in [-0.2, -0.15) is 0 Å². The van der Waals surface area contributed by atoms with E-state index in [2.05, 4.69) is 15.3 Å². The first-order valence-electron chi connectivity index (χ1n) is 7.80. The van der Waals surface area contributed by atoms with Gasteiger partial charge in [-0.25, -0.2) is 4.98 Å². The van der Waals surface area contributed by atoms with Crippen molar-refractivity contribution in [2.24, 2.45) is 5.73 Å². The van der Waals surface area contributed by atoms with E-state index in [1.54, 1.807) is 30.3 Å². The molecule has 5 N–H and O–H groups in total. The number of rotatable bonds is 6. The Morgan fingerprint density at radius 1 is 1.30 bits per heavy atom. The van der Waals surface area contributed by atoms with Gasteiger partial charge in [-0.15, -0.1) is 12.4 Å². The van der Waals surface area contributed by atoms with Crippen molar-refractivity contribution in [2.45, 2.75) is 6.42 Å². The number of amides is 1. The van der Waals surface area contributed by atoms with E-state index in [0.717, 1.165) is 0 Å². The summed E-state index contributed by atoms with van der Waals surface area (Å²) >= 11 is 0. The Kier molecular flexibility index (Phi) is 6.09. The SMILES string of the molecule is Cl.N=C(N)CCNC(=O)c1ccc2[nH]c(-c3cccc([N+](=O)[O-])c3)nc2c1. The van der Waals surface area contributed by atoms with Crippen LogP contribution in [0.1, 0.15) is 16.8 Å². The summed E-state index contributed by atoms with van der Waals surface area (Å²) in [5, 5.41) is 20.7. The number of amidine groups is 1.